The largest absolute Gasteiger partial charge is 0.325 e. The third-order valence-corrected chi connectivity index (χ3v) is 4.61. The van der Waals surface area contributed by atoms with Gasteiger partial charge in [-0.3, -0.25) is 0 Å². The minimum atomic E-state index is -0.625. The van der Waals surface area contributed by atoms with Crippen LogP contribution in [0.2, 0.25) is 0 Å². The molecule has 4 unspecified atom stereocenters. The average molecular weight is 226 g/mol. The van der Waals surface area contributed by atoms with Gasteiger partial charge in [-0.05, 0) is 49.9 Å². The highest BCUT2D eigenvalue weighted by atomic mass is 17.0. The summed E-state index contributed by atoms with van der Waals surface area (Å²) in [6.07, 6.45) is 5.46. The molecule has 90 valence electrons. The Morgan fingerprint density at radius 3 is 2.62 bits per heavy atom. The molecule has 0 radical (unpaired) electrons. The summed E-state index contributed by atoms with van der Waals surface area (Å²) in [7, 11) is 0. The zero-order valence-corrected chi connectivity index (χ0v) is 9.57. The van der Waals surface area contributed by atoms with Crippen molar-refractivity contribution in [2.24, 2.45) is 17.1 Å². The van der Waals surface area contributed by atoms with Crippen LogP contribution >= 0.6 is 0 Å². The molecule has 16 heavy (non-hydrogen) atoms. The quantitative estimate of drug-likeness (QED) is 0.573. The first-order valence-corrected chi connectivity index (χ1v) is 5.95. The summed E-state index contributed by atoms with van der Waals surface area (Å²) in [5.74, 6) is 0.520. The summed E-state index contributed by atoms with van der Waals surface area (Å²) in [6.45, 7) is 2.21. The van der Waals surface area contributed by atoms with Crippen LogP contribution in [0.25, 0.3) is 0 Å². The van der Waals surface area contributed by atoms with Crippen LogP contribution in [0, 0.1) is 21.4 Å². The van der Waals surface area contributed by atoms with E-state index in [1.807, 2.05) is 0 Å². The van der Waals surface area contributed by atoms with Crippen molar-refractivity contribution in [2.45, 2.75) is 56.6 Å². The lowest BCUT2D eigenvalue weighted by molar-refractivity contribution is -0.785. The molecule has 5 nitrogen and oxygen atoms in total. The van der Waals surface area contributed by atoms with Gasteiger partial charge in [-0.25, -0.2) is 0 Å². The van der Waals surface area contributed by atoms with Gasteiger partial charge in [0.15, 0.2) is 0 Å². The van der Waals surface area contributed by atoms with Gasteiger partial charge in [-0.1, -0.05) is 6.92 Å². The third-order valence-electron chi connectivity index (χ3n) is 4.61. The highest BCUT2D eigenvalue weighted by Gasteiger charge is 2.62. The van der Waals surface area contributed by atoms with E-state index in [9.17, 15) is 10.1 Å². The average Bonchev–Trinajstić information content (AvgIpc) is 1.91. The molecular formula is C11H18N2O3. The molecule has 4 fully saturated rings. The maximum absolute atomic E-state index is 10.6. The third kappa shape index (κ3) is 1.41. The van der Waals surface area contributed by atoms with Gasteiger partial charge in [0.25, 0.3) is 5.09 Å². The summed E-state index contributed by atoms with van der Waals surface area (Å²) in [5.41, 5.74) is 5.73. The lowest BCUT2D eigenvalue weighted by Gasteiger charge is -2.63. The highest BCUT2D eigenvalue weighted by molar-refractivity contribution is 5.15. The molecule has 4 aliphatic rings. The van der Waals surface area contributed by atoms with Crippen molar-refractivity contribution in [3.8, 4) is 0 Å². The molecule has 4 aliphatic carbocycles. The Morgan fingerprint density at radius 1 is 1.31 bits per heavy atom. The van der Waals surface area contributed by atoms with E-state index in [2.05, 4.69) is 6.92 Å². The topological polar surface area (TPSA) is 78.4 Å². The van der Waals surface area contributed by atoms with E-state index in [0.29, 0.717) is 12.3 Å². The zero-order valence-electron chi connectivity index (χ0n) is 9.57. The van der Waals surface area contributed by atoms with Crippen LogP contribution in [0.15, 0.2) is 0 Å². The molecule has 0 aromatic carbocycles. The van der Waals surface area contributed by atoms with Crippen LogP contribution in [0.5, 0.6) is 0 Å². The van der Waals surface area contributed by atoms with Crippen LogP contribution in [0.1, 0.15) is 45.4 Å². The van der Waals surface area contributed by atoms with Crippen LogP contribution in [0.3, 0.4) is 0 Å². The van der Waals surface area contributed by atoms with Crippen molar-refractivity contribution in [3.05, 3.63) is 10.1 Å². The van der Waals surface area contributed by atoms with Crippen molar-refractivity contribution in [2.75, 3.05) is 0 Å². The maximum Gasteiger partial charge on any atom is 0.295 e. The number of rotatable bonds is 2. The van der Waals surface area contributed by atoms with Gasteiger partial charge in [0.1, 0.15) is 5.60 Å². The molecule has 5 heteroatoms. The summed E-state index contributed by atoms with van der Waals surface area (Å²) in [6, 6.07) is 0. The van der Waals surface area contributed by atoms with Gasteiger partial charge in [-0.15, -0.1) is 10.1 Å². The first-order valence-electron chi connectivity index (χ1n) is 5.95. The van der Waals surface area contributed by atoms with E-state index in [1.54, 1.807) is 0 Å². The lowest BCUT2D eigenvalue weighted by atomic mass is 9.46. The Kier molecular flexibility index (Phi) is 1.74. The molecule has 0 spiro atoms. The van der Waals surface area contributed by atoms with E-state index >= 15 is 0 Å². The first kappa shape index (κ1) is 10.3. The normalized spacial score (nSPS) is 54.0. The number of nitrogens with zero attached hydrogens (tertiary/aromatic N) is 1. The fraction of sp³-hybridized carbons (Fsp3) is 1.00. The highest BCUT2D eigenvalue weighted by Crippen LogP contribution is 2.63. The molecule has 0 aromatic rings. The van der Waals surface area contributed by atoms with Gasteiger partial charge in [0.05, 0.1) is 0 Å². The Hall–Kier alpha value is -0.840. The van der Waals surface area contributed by atoms with Crippen LogP contribution < -0.4 is 5.73 Å². The van der Waals surface area contributed by atoms with E-state index < -0.39 is 10.7 Å². The molecule has 0 amide bonds. The summed E-state index contributed by atoms with van der Waals surface area (Å²) < 4.78 is 0. The van der Waals surface area contributed by atoms with Crippen molar-refractivity contribution in [1.29, 1.82) is 0 Å². The standard InChI is InChI=1S/C11H18N2O3/c1-9-2-8-3-10(12,5-9)7-11(4-8,6-9)16-13(14)15/h8H,2-7,12H2,1H3. The van der Waals surface area contributed by atoms with Gasteiger partial charge >= 0.3 is 0 Å². The smallest absolute Gasteiger partial charge is 0.295 e. The monoisotopic (exact) mass is 226 g/mol. The maximum atomic E-state index is 10.6. The second-order valence-corrected chi connectivity index (χ2v) is 6.68. The molecule has 0 aliphatic heterocycles. The SMILES string of the molecule is CC12CC3CC(N)(C1)CC(O[N+](=O)[O-])(C3)C2. The summed E-state index contributed by atoms with van der Waals surface area (Å²) in [5, 5.41) is 10.0. The summed E-state index contributed by atoms with van der Waals surface area (Å²) >= 11 is 0. The van der Waals surface area contributed by atoms with E-state index in [-0.39, 0.29) is 11.0 Å². The van der Waals surface area contributed by atoms with Crippen LogP contribution in [-0.4, -0.2) is 16.2 Å². The van der Waals surface area contributed by atoms with Gasteiger partial charge < -0.3 is 10.6 Å². The van der Waals surface area contributed by atoms with Crippen molar-refractivity contribution >= 4 is 0 Å². The number of hydrogen-bond acceptors (Lipinski definition) is 4. The molecule has 2 N–H and O–H groups in total. The Labute approximate surface area is 94.4 Å². The van der Waals surface area contributed by atoms with Crippen LogP contribution in [0.4, 0.5) is 0 Å². The van der Waals surface area contributed by atoms with E-state index in [1.165, 1.54) is 0 Å². The molecule has 0 aromatic heterocycles. The lowest BCUT2D eigenvalue weighted by Crippen LogP contribution is -2.66. The minimum absolute atomic E-state index is 0.157. The molecule has 4 bridgehead atoms. The zero-order chi connectivity index (χ0) is 11.6. The molecule has 4 atom stereocenters. The second kappa shape index (κ2) is 2.70. The van der Waals surface area contributed by atoms with Crippen molar-refractivity contribution < 1.29 is 9.92 Å². The Balaban J connectivity index is 1.95. The second-order valence-electron chi connectivity index (χ2n) is 6.68. The Morgan fingerprint density at radius 2 is 2.06 bits per heavy atom. The molecule has 0 heterocycles. The van der Waals surface area contributed by atoms with Crippen LogP contribution in [-0.2, 0) is 4.84 Å². The predicted octanol–water partition coefficient (Wildman–Crippen LogP) is 1.63. The van der Waals surface area contributed by atoms with Crippen molar-refractivity contribution in [3.63, 3.8) is 0 Å². The Bertz CT molecular complexity index is 339. The van der Waals surface area contributed by atoms with Gasteiger partial charge in [0, 0.05) is 5.54 Å². The van der Waals surface area contributed by atoms with E-state index in [4.69, 9.17) is 10.6 Å². The first-order chi connectivity index (χ1) is 7.32. The van der Waals surface area contributed by atoms with Gasteiger partial charge in [0.2, 0.25) is 0 Å². The fourth-order valence-electron chi connectivity index (χ4n) is 5.16. The van der Waals surface area contributed by atoms with Crippen molar-refractivity contribution in [1.82, 2.24) is 0 Å². The van der Waals surface area contributed by atoms with E-state index in [0.717, 1.165) is 32.1 Å². The molecule has 4 saturated carbocycles. The predicted molar refractivity (Wildman–Crippen MR) is 57.0 cm³/mol. The molecule has 0 saturated heterocycles. The number of nitrogens with two attached hydrogens (primary N) is 1. The molecule has 4 rings (SSSR count). The van der Waals surface area contributed by atoms with Gasteiger partial charge in [-0.2, -0.15) is 0 Å². The summed E-state index contributed by atoms with van der Waals surface area (Å²) in [4.78, 5) is 15.7. The number of hydrogen-bond donors (Lipinski definition) is 1. The fourth-order valence-corrected chi connectivity index (χ4v) is 5.16. The minimum Gasteiger partial charge on any atom is -0.325 e. The molecular weight excluding hydrogens is 208 g/mol.